The largest absolute Gasteiger partial charge is 0.494 e. The van der Waals surface area contributed by atoms with Crippen LogP contribution in [0.1, 0.15) is 18.1 Å². The highest BCUT2D eigenvalue weighted by Gasteiger charge is 2.32. The van der Waals surface area contributed by atoms with Crippen molar-refractivity contribution in [2.45, 2.75) is 25.9 Å². The van der Waals surface area contributed by atoms with Gasteiger partial charge in [-0.15, -0.1) is 0 Å². The van der Waals surface area contributed by atoms with E-state index in [2.05, 4.69) is 5.32 Å². The van der Waals surface area contributed by atoms with Crippen molar-refractivity contribution in [3.8, 4) is 5.75 Å². The molecule has 0 spiro atoms. The van der Waals surface area contributed by atoms with E-state index in [0.29, 0.717) is 28.6 Å². The molecule has 2 amide bonds. The average Bonchev–Trinajstić information content (AvgIpc) is 2.89. The Morgan fingerprint density at radius 3 is 2.21 bits per heavy atom. The van der Waals surface area contributed by atoms with Gasteiger partial charge in [0.1, 0.15) is 18.3 Å². The van der Waals surface area contributed by atoms with Crippen LogP contribution >= 0.6 is 11.6 Å². The Hall–Kier alpha value is -3.56. The van der Waals surface area contributed by atoms with Crippen LogP contribution in [0.5, 0.6) is 5.75 Å². The Kier molecular flexibility index (Phi) is 10.2. The van der Waals surface area contributed by atoms with Crippen molar-refractivity contribution in [3.63, 3.8) is 0 Å². The first-order valence-corrected chi connectivity index (χ1v) is 14.3. The number of benzene rings is 3. The fourth-order valence-electron chi connectivity index (χ4n) is 4.04. The van der Waals surface area contributed by atoms with Crippen LogP contribution in [0.3, 0.4) is 0 Å². The lowest BCUT2D eigenvalue weighted by Gasteiger charge is -2.33. The summed E-state index contributed by atoms with van der Waals surface area (Å²) in [5, 5.41) is 3.13. The molecule has 1 atom stereocenters. The number of halogens is 1. The molecule has 0 aromatic heterocycles. The number of nitrogens with zero attached hydrogens (tertiary/aromatic N) is 2. The first-order valence-electron chi connectivity index (χ1n) is 12.1. The molecule has 0 saturated heterocycles. The van der Waals surface area contributed by atoms with Crippen LogP contribution in [0.2, 0.25) is 5.02 Å². The van der Waals surface area contributed by atoms with E-state index in [1.165, 1.54) is 11.9 Å². The van der Waals surface area contributed by atoms with Crippen LogP contribution in [-0.2, 0) is 32.6 Å². The first kappa shape index (κ1) is 29.0. The van der Waals surface area contributed by atoms with E-state index in [-0.39, 0.29) is 18.9 Å². The minimum Gasteiger partial charge on any atom is -0.494 e. The van der Waals surface area contributed by atoms with Crippen molar-refractivity contribution >= 4 is 39.1 Å². The van der Waals surface area contributed by atoms with Crippen LogP contribution in [0.15, 0.2) is 78.9 Å². The number of ether oxygens (including phenoxy) is 1. The van der Waals surface area contributed by atoms with Crippen LogP contribution in [0.4, 0.5) is 5.69 Å². The molecule has 3 aromatic carbocycles. The predicted molar refractivity (Wildman–Crippen MR) is 150 cm³/mol. The molecule has 3 aromatic rings. The number of anilines is 1. The molecule has 0 aliphatic rings. The van der Waals surface area contributed by atoms with Crippen LogP contribution in [-0.4, -0.2) is 57.6 Å². The summed E-state index contributed by atoms with van der Waals surface area (Å²) in [6, 6.07) is 21.9. The van der Waals surface area contributed by atoms with Gasteiger partial charge in [-0.1, -0.05) is 54.1 Å². The molecule has 0 saturated carbocycles. The van der Waals surface area contributed by atoms with Crippen LogP contribution in [0, 0.1) is 0 Å². The number of rotatable bonds is 12. The zero-order chi connectivity index (χ0) is 27.7. The van der Waals surface area contributed by atoms with Gasteiger partial charge in [-0.05, 0) is 54.4 Å². The van der Waals surface area contributed by atoms with Gasteiger partial charge in [0.25, 0.3) is 0 Å². The molecule has 1 unspecified atom stereocenters. The highest BCUT2D eigenvalue weighted by atomic mass is 35.5. The standard InChI is InChI=1S/C28H32ClN3O5S/c1-4-37-25-15-13-24(14-16-25)32(38(3,35)36)20-27(33)31(19-22-11-8-12-23(29)17-22)26(28(34)30-2)18-21-9-6-5-7-10-21/h5-17,26H,4,18-20H2,1-3H3,(H,30,34). The number of carbonyl (C=O) groups is 2. The van der Waals surface area contributed by atoms with Crippen molar-refractivity contribution in [3.05, 3.63) is 95.0 Å². The Labute approximate surface area is 229 Å². The topological polar surface area (TPSA) is 96.0 Å². The summed E-state index contributed by atoms with van der Waals surface area (Å²) < 4.78 is 32.0. The van der Waals surface area contributed by atoms with Crippen molar-refractivity contribution in [1.82, 2.24) is 10.2 Å². The smallest absolute Gasteiger partial charge is 0.244 e. The van der Waals surface area contributed by atoms with Gasteiger partial charge in [0.15, 0.2) is 0 Å². The number of sulfonamides is 1. The van der Waals surface area contributed by atoms with Crippen molar-refractivity contribution in [2.75, 3.05) is 30.8 Å². The number of likely N-dealkylation sites (N-methyl/N-ethyl adjacent to an activating group) is 1. The molecule has 0 radical (unpaired) electrons. The zero-order valence-corrected chi connectivity index (χ0v) is 23.2. The Balaban J connectivity index is 2.00. The summed E-state index contributed by atoms with van der Waals surface area (Å²) in [5.41, 5.74) is 1.88. The van der Waals surface area contributed by atoms with E-state index in [9.17, 15) is 18.0 Å². The molecule has 0 fully saturated rings. The van der Waals surface area contributed by atoms with E-state index in [0.717, 1.165) is 16.1 Å². The van der Waals surface area contributed by atoms with Crippen molar-refractivity contribution in [2.24, 2.45) is 0 Å². The maximum absolute atomic E-state index is 13.9. The average molecular weight is 558 g/mol. The number of carbonyl (C=O) groups excluding carboxylic acids is 2. The lowest BCUT2D eigenvalue weighted by molar-refractivity contribution is -0.139. The SMILES string of the molecule is CCOc1ccc(N(CC(=O)N(Cc2cccc(Cl)c2)C(Cc2ccccc2)C(=O)NC)S(C)(=O)=O)cc1. The maximum atomic E-state index is 13.9. The molecule has 202 valence electrons. The monoisotopic (exact) mass is 557 g/mol. The van der Waals surface area contributed by atoms with E-state index >= 15 is 0 Å². The first-order chi connectivity index (χ1) is 18.1. The number of nitrogens with one attached hydrogen (secondary N) is 1. The fraction of sp³-hybridized carbons (Fsp3) is 0.286. The molecule has 0 aliphatic carbocycles. The van der Waals surface area contributed by atoms with E-state index in [4.69, 9.17) is 16.3 Å². The summed E-state index contributed by atoms with van der Waals surface area (Å²) in [6.45, 7) is 1.89. The molecule has 0 bridgehead atoms. The van der Waals surface area contributed by atoms with Gasteiger partial charge in [-0.2, -0.15) is 0 Å². The normalized spacial score (nSPS) is 11.9. The minimum absolute atomic E-state index is 0.0607. The lowest BCUT2D eigenvalue weighted by atomic mass is 10.0. The fourth-order valence-corrected chi connectivity index (χ4v) is 5.10. The van der Waals surface area contributed by atoms with E-state index < -0.39 is 28.5 Å². The summed E-state index contributed by atoms with van der Waals surface area (Å²) in [5.74, 6) is -0.314. The lowest BCUT2D eigenvalue weighted by Crippen LogP contribution is -2.52. The molecule has 3 rings (SSSR count). The highest BCUT2D eigenvalue weighted by Crippen LogP contribution is 2.23. The van der Waals surface area contributed by atoms with Gasteiger partial charge >= 0.3 is 0 Å². The van der Waals surface area contributed by atoms with Crippen LogP contribution < -0.4 is 14.4 Å². The van der Waals surface area contributed by atoms with Gasteiger partial charge in [0.05, 0.1) is 18.6 Å². The van der Waals surface area contributed by atoms with E-state index in [1.807, 2.05) is 37.3 Å². The summed E-state index contributed by atoms with van der Waals surface area (Å²) >= 11 is 6.19. The predicted octanol–water partition coefficient (Wildman–Crippen LogP) is 3.89. The molecule has 10 heteroatoms. The van der Waals surface area contributed by atoms with Gasteiger partial charge in [-0.3, -0.25) is 13.9 Å². The van der Waals surface area contributed by atoms with Crippen molar-refractivity contribution in [1.29, 1.82) is 0 Å². The van der Waals surface area contributed by atoms with E-state index in [1.54, 1.807) is 48.5 Å². The second kappa shape index (κ2) is 13.3. The molecule has 0 heterocycles. The van der Waals surface area contributed by atoms with Gasteiger partial charge in [0, 0.05) is 25.0 Å². The third kappa shape index (κ3) is 7.97. The quantitative estimate of drug-likeness (QED) is 0.364. The third-order valence-corrected chi connectivity index (χ3v) is 7.25. The molecular formula is C28H32ClN3O5S. The number of hydrogen-bond donors (Lipinski definition) is 1. The third-order valence-electron chi connectivity index (χ3n) is 5.87. The Bertz CT molecular complexity index is 1330. The maximum Gasteiger partial charge on any atom is 0.244 e. The Morgan fingerprint density at radius 2 is 1.63 bits per heavy atom. The second-order valence-electron chi connectivity index (χ2n) is 8.67. The molecule has 38 heavy (non-hydrogen) atoms. The summed E-state index contributed by atoms with van der Waals surface area (Å²) in [7, 11) is -2.33. The molecule has 0 aliphatic heterocycles. The number of hydrogen-bond acceptors (Lipinski definition) is 5. The molecular weight excluding hydrogens is 526 g/mol. The highest BCUT2D eigenvalue weighted by molar-refractivity contribution is 7.92. The second-order valence-corrected chi connectivity index (χ2v) is 11.0. The van der Waals surface area contributed by atoms with Crippen LogP contribution in [0.25, 0.3) is 0 Å². The van der Waals surface area contributed by atoms with Gasteiger partial charge < -0.3 is 15.0 Å². The zero-order valence-electron chi connectivity index (χ0n) is 21.6. The summed E-state index contributed by atoms with van der Waals surface area (Å²) in [6.07, 6.45) is 1.28. The molecule has 1 N–H and O–H groups in total. The number of amides is 2. The minimum atomic E-state index is -3.84. The molecule has 8 nitrogen and oxygen atoms in total. The summed E-state index contributed by atoms with van der Waals surface area (Å²) in [4.78, 5) is 28.4. The van der Waals surface area contributed by atoms with Gasteiger partial charge in [0.2, 0.25) is 21.8 Å². The Morgan fingerprint density at radius 1 is 0.974 bits per heavy atom. The van der Waals surface area contributed by atoms with Crippen molar-refractivity contribution < 1.29 is 22.7 Å². The van der Waals surface area contributed by atoms with Gasteiger partial charge in [-0.25, -0.2) is 8.42 Å².